The molecular weight excluding hydrogens is 428 g/mol. The molecule has 0 saturated carbocycles. The zero-order chi connectivity index (χ0) is 24.3. The maximum atomic E-state index is 14.1. The van der Waals surface area contributed by atoms with E-state index < -0.39 is 0 Å². The van der Waals surface area contributed by atoms with Crippen LogP contribution in [0.3, 0.4) is 0 Å². The summed E-state index contributed by atoms with van der Waals surface area (Å²) in [6, 6.07) is 13.5. The van der Waals surface area contributed by atoms with Crippen molar-refractivity contribution in [1.82, 2.24) is 14.9 Å². The number of carbonyl (C=O) groups is 3. The third kappa shape index (κ3) is 3.19. The number of hydrogen-bond acceptors (Lipinski definition) is 5. The Kier molecular flexibility index (Phi) is 5.17. The summed E-state index contributed by atoms with van der Waals surface area (Å²) < 4.78 is 2.05. The number of benzene rings is 2. The summed E-state index contributed by atoms with van der Waals surface area (Å²) in [7, 11) is 3.78. The van der Waals surface area contributed by atoms with Crippen LogP contribution in [0, 0.1) is 0 Å². The molecule has 0 bridgehead atoms. The minimum Gasteiger partial charge on any atom is -0.345 e. The van der Waals surface area contributed by atoms with E-state index in [1.807, 2.05) is 48.8 Å². The fourth-order valence-electron chi connectivity index (χ4n) is 5.20. The summed E-state index contributed by atoms with van der Waals surface area (Å²) in [4.78, 5) is 41.8. The summed E-state index contributed by atoms with van der Waals surface area (Å²) in [5.41, 5.74) is 8.25. The largest absolute Gasteiger partial charge is 0.345 e. The molecule has 174 valence electrons. The number of hydrogen-bond donors (Lipinski definition) is 1. The Bertz CT molecular complexity index is 1350. The van der Waals surface area contributed by atoms with Gasteiger partial charge in [0.2, 0.25) is 5.91 Å². The molecule has 2 aliphatic rings. The third-order valence-electron chi connectivity index (χ3n) is 7.04. The number of rotatable bonds is 4. The van der Waals surface area contributed by atoms with Gasteiger partial charge in [-0.15, -0.1) is 0 Å². The smallest absolute Gasteiger partial charge is 0.235 e. The average molecular weight is 457 g/mol. The third-order valence-corrected chi connectivity index (χ3v) is 7.04. The number of ketones is 2. The Morgan fingerprint density at radius 3 is 2.47 bits per heavy atom. The summed E-state index contributed by atoms with van der Waals surface area (Å²) >= 11 is 0. The van der Waals surface area contributed by atoms with Gasteiger partial charge in [-0.05, 0) is 38.2 Å². The Labute approximate surface area is 198 Å². The second kappa shape index (κ2) is 7.95. The van der Waals surface area contributed by atoms with E-state index in [0.717, 1.165) is 5.69 Å². The van der Waals surface area contributed by atoms with Gasteiger partial charge in [-0.2, -0.15) is 0 Å². The minimum absolute atomic E-state index is 0.0219. The van der Waals surface area contributed by atoms with Crippen LogP contribution >= 0.6 is 0 Å². The van der Waals surface area contributed by atoms with Crippen molar-refractivity contribution >= 4 is 23.2 Å². The first-order valence-corrected chi connectivity index (χ1v) is 11.5. The monoisotopic (exact) mass is 456 g/mol. The first-order chi connectivity index (χ1) is 16.2. The van der Waals surface area contributed by atoms with Gasteiger partial charge in [-0.1, -0.05) is 43.3 Å². The van der Waals surface area contributed by atoms with Crippen LogP contribution in [0.1, 0.15) is 75.4 Å². The van der Waals surface area contributed by atoms with Crippen LogP contribution in [-0.4, -0.2) is 47.2 Å². The fraction of sp³-hybridized carbons (Fsp3) is 0.296. The van der Waals surface area contributed by atoms with Gasteiger partial charge in [0.15, 0.2) is 11.6 Å². The average Bonchev–Trinajstić information content (AvgIpc) is 3.20. The van der Waals surface area contributed by atoms with E-state index in [9.17, 15) is 14.4 Å². The quantitative estimate of drug-likeness (QED) is 0.376. The van der Waals surface area contributed by atoms with E-state index in [0.29, 0.717) is 34.5 Å². The highest BCUT2D eigenvalue weighted by Gasteiger charge is 2.40. The summed E-state index contributed by atoms with van der Waals surface area (Å²) in [6.45, 7) is 6.07. The Morgan fingerprint density at radius 2 is 1.76 bits per heavy atom. The molecule has 1 aliphatic carbocycles. The van der Waals surface area contributed by atoms with E-state index in [4.69, 9.17) is 0 Å². The van der Waals surface area contributed by atoms with Crippen molar-refractivity contribution in [2.45, 2.75) is 39.4 Å². The van der Waals surface area contributed by atoms with Crippen LogP contribution < -0.4 is 10.4 Å². The molecule has 34 heavy (non-hydrogen) atoms. The van der Waals surface area contributed by atoms with Gasteiger partial charge in [-0.3, -0.25) is 29.7 Å². The Balaban J connectivity index is 1.69. The first-order valence-electron chi connectivity index (χ1n) is 11.5. The maximum absolute atomic E-state index is 14.1. The first kappa shape index (κ1) is 22.1. The second-order valence-corrected chi connectivity index (χ2v) is 9.34. The standard InChI is InChI=1S/C27H28N4O3/c1-15-19-10-7-6-9-18(19)13-30-14-21-24(25(15)30)27(34)23-20(26(21)33)11-8-12-22(23)31(28-16(2)32)17(3)29(4)5/h6-12,14-15,17H,13H2,1-5H3,(H,28,32). The van der Waals surface area contributed by atoms with E-state index in [1.165, 1.54) is 18.1 Å². The number of carbonyl (C=O) groups excluding carboxylic acids is 3. The van der Waals surface area contributed by atoms with Crippen LogP contribution in [-0.2, 0) is 11.3 Å². The second-order valence-electron chi connectivity index (χ2n) is 9.34. The molecule has 0 saturated heterocycles. The highest BCUT2D eigenvalue weighted by atomic mass is 16.2. The number of aromatic nitrogens is 1. The molecule has 3 aromatic rings. The zero-order valence-corrected chi connectivity index (χ0v) is 20.0. The molecular formula is C27H28N4O3. The summed E-state index contributed by atoms with van der Waals surface area (Å²) in [6.07, 6.45) is 1.58. The van der Waals surface area contributed by atoms with Crippen LogP contribution in [0.4, 0.5) is 5.69 Å². The lowest BCUT2D eigenvalue weighted by molar-refractivity contribution is -0.119. The number of hydrazine groups is 1. The molecule has 1 aromatic heterocycles. The molecule has 5 rings (SSSR count). The van der Waals surface area contributed by atoms with E-state index in [-0.39, 0.29) is 29.6 Å². The van der Waals surface area contributed by atoms with E-state index in [2.05, 4.69) is 24.5 Å². The lowest BCUT2D eigenvalue weighted by Gasteiger charge is -2.36. The van der Waals surface area contributed by atoms with Crippen molar-refractivity contribution < 1.29 is 14.4 Å². The lowest BCUT2D eigenvalue weighted by Crippen LogP contribution is -2.53. The molecule has 1 N–H and O–H groups in total. The van der Waals surface area contributed by atoms with Crippen LogP contribution in [0.15, 0.2) is 48.7 Å². The van der Waals surface area contributed by atoms with E-state index >= 15 is 0 Å². The number of nitrogens with one attached hydrogen (secondary N) is 1. The van der Waals surface area contributed by atoms with Gasteiger partial charge in [0.1, 0.15) is 0 Å². The van der Waals surface area contributed by atoms with Crippen molar-refractivity contribution in [1.29, 1.82) is 0 Å². The van der Waals surface area contributed by atoms with Crippen molar-refractivity contribution in [3.8, 4) is 0 Å². The van der Waals surface area contributed by atoms with Crippen LogP contribution in [0.5, 0.6) is 0 Å². The predicted octanol–water partition coefficient (Wildman–Crippen LogP) is 3.54. The predicted molar refractivity (Wildman–Crippen MR) is 130 cm³/mol. The molecule has 2 unspecified atom stereocenters. The van der Waals surface area contributed by atoms with Crippen molar-refractivity contribution in [2.24, 2.45) is 0 Å². The molecule has 2 atom stereocenters. The van der Waals surface area contributed by atoms with Gasteiger partial charge >= 0.3 is 0 Å². The molecule has 2 heterocycles. The molecule has 0 spiro atoms. The van der Waals surface area contributed by atoms with Crippen LogP contribution in [0.2, 0.25) is 0 Å². The molecule has 0 fully saturated rings. The van der Waals surface area contributed by atoms with Gasteiger partial charge in [0, 0.05) is 36.8 Å². The Hall–Kier alpha value is -3.71. The fourth-order valence-corrected chi connectivity index (χ4v) is 5.20. The van der Waals surface area contributed by atoms with Gasteiger partial charge in [0.25, 0.3) is 0 Å². The summed E-state index contributed by atoms with van der Waals surface area (Å²) in [5, 5.41) is 1.67. The molecule has 7 nitrogen and oxygen atoms in total. The van der Waals surface area contributed by atoms with Crippen molar-refractivity contribution in [3.63, 3.8) is 0 Å². The van der Waals surface area contributed by atoms with Crippen molar-refractivity contribution in [2.75, 3.05) is 19.1 Å². The highest BCUT2D eigenvalue weighted by molar-refractivity contribution is 6.30. The number of amides is 1. The minimum atomic E-state index is -0.256. The van der Waals surface area contributed by atoms with Crippen LogP contribution in [0.25, 0.3) is 0 Å². The number of anilines is 1. The molecule has 1 amide bonds. The maximum Gasteiger partial charge on any atom is 0.235 e. The normalized spacial score (nSPS) is 16.9. The topological polar surface area (TPSA) is 74.6 Å². The SMILES string of the molecule is CC(=O)NN(c1cccc2c1C(=O)c1c(cn3c1C(C)c1ccccc1C3)C2=O)C(C)N(C)C. The molecule has 2 aromatic carbocycles. The Morgan fingerprint density at radius 1 is 1.03 bits per heavy atom. The molecule has 1 aliphatic heterocycles. The highest BCUT2D eigenvalue weighted by Crippen LogP contribution is 2.42. The molecule has 0 radical (unpaired) electrons. The van der Waals surface area contributed by atoms with Gasteiger partial charge in [-0.25, -0.2) is 0 Å². The van der Waals surface area contributed by atoms with E-state index in [1.54, 1.807) is 23.2 Å². The molecule has 7 heteroatoms. The van der Waals surface area contributed by atoms with Crippen molar-refractivity contribution in [3.05, 3.63) is 87.7 Å². The number of nitrogens with zero attached hydrogens (tertiary/aromatic N) is 3. The number of fused-ring (bicyclic) bond motifs is 5. The van der Waals surface area contributed by atoms with Gasteiger partial charge < -0.3 is 4.57 Å². The summed E-state index contributed by atoms with van der Waals surface area (Å²) in [5.74, 6) is -0.620. The zero-order valence-electron chi connectivity index (χ0n) is 20.0. The lowest BCUT2D eigenvalue weighted by atomic mass is 9.80. The van der Waals surface area contributed by atoms with Gasteiger partial charge in [0.05, 0.1) is 28.5 Å².